The summed E-state index contributed by atoms with van der Waals surface area (Å²) in [6.07, 6.45) is -0.441. The van der Waals surface area contributed by atoms with Crippen LogP contribution in [0.1, 0.15) is 36.1 Å². The summed E-state index contributed by atoms with van der Waals surface area (Å²) in [6, 6.07) is 0. The van der Waals surface area contributed by atoms with Crippen LogP contribution in [0.5, 0.6) is 0 Å². The van der Waals surface area contributed by atoms with E-state index in [0.717, 1.165) is 0 Å². The van der Waals surface area contributed by atoms with Gasteiger partial charge >= 0.3 is 0 Å². The summed E-state index contributed by atoms with van der Waals surface area (Å²) in [6.45, 7) is 4.00. The maximum atomic E-state index is 12.3. The topological polar surface area (TPSA) is 86.6 Å². The molecule has 0 aliphatic carbocycles. The fraction of sp³-hybridized carbons (Fsp3) is 0.583. The number of nitrogens with zero attached hydrogens (tertiary/aromatic N) is 3. The van der Waals surface area contributed by atoms with E-state index in [4.69, 9.17) is 11.6 Å². The van der Waals surface area contributed by atoms with Gasteiger partial charge in [-0.15, -0.1) is 0 Å². The van der Waals surface area contributed by atoms with Gasteiger partial charge in [-0.2, -0.15) is 0 Å². The molecule has 1 aliphatic heterocycles. The van der Waals surface area contributed by atoms with Crippen LogP contribution in [0.4, 0.5) is 0 Å². The van der Waals surface area contributed by atoms with E-state index in [2.05, 4.69) is 9.97 Å². The first kappa shape index (κ1) is 14.2. The third-order valence-electron chi connectivity index (χ3n) is 3.03. The zero-order chi connectivity index (χ0) is 14.2. The number of β-amino-alcohol motifs (C(OH)–C–C–N with tert-alkyl or cyclic N) is 2. The van der Waals surface area contributed by atoms with Crippen LogP contribution in [0, 0.1) is 0 Å². The number of halogens is 1. The average molecular weight is 286 g/mol. The minimum absolute atomic E-state index is 0.0807. The van der Waals surface area contributed by atoms with Gasteiger partial charge < -0.3 is 15.1 Å². The summed E-state index contributed by atoms with van der Waals surface area (Å²) in [5.41, 5.74) is 0.113. The van der Waals surface area contributed by atoms with Crippen LogP contribution in [0.25, 0.3) is 0 Å². The van der Waals surface area contributed by atoms with Crippen molar-refractivity contribution in [1.82, 2.24) is 14.9 Å². The van der Waals surface area contributed by atoms with E-state index in [1.807, 2.05) is 13.8 Å². The molecule has 6 nitrogen and oxygen atoms in total. The van der Waals surface area contributed by atoms with Crippen molar-refractivity contribution < 1.29 is 15.0 Å². The largest absolute Gasteiger partial charge is 0.388 e. The molecular weight excluding hydrogens is 270 g/mol. The monoisotopic (exact) mass is 285 g/mol. The number of hydrogen-bond acceptors (Lipinski definition) is 5. The number of aromatic nitrogens is 2. The first-order valence-electron chi connectivity index (χ1n) is 6.08. The van der Waals surface area contributed by atoms with Gasteiger partial charge in [-0.05, 0) is 0 Å². The van der Waals surface area contributed by atoms with E-state index in [0.29, 0.717) is 5.82 Å². The second-order valence-corrected chi connectivity index (χ2v) is 5.33. The predicted molar refractivity (Wildman–Crippen MR) is 69.0 cm³/mol. The summed E-state index contributed by atoms with van der Waals surface area (Å²) in [7, 11) is 0. The number of likely N-dealkylation sites (tertiary alicyclic amines) is 1. The standard InChI is InChI=1S/C12H16ClN3O3/c1-6(2)11-14-3-7(13)10(15-11)12(19)16-4-8(17)9(18)5-16/h3,6,8-9,17-18H,4-5H2,1-2H3. The number of aliphatic hydroxyl groups is 2. The Morgan fingerprint density at radius 2 is 2.00 bits per heavy atom. The first-order valence-corrected chi connectivity index (χ1v) is 6.45. The molecule has 1 saturated heterocycles. The summed E-state index contributed by atoms with van der Waals surface area (Å²) in [5.74, 6) is 0.219. The minimum atomic E-state index is -0.922. The summed E-state index contributed by atoms with van der Waals surface area (Å²) >= 11 is 5.95. The van der Waals surface area contributed by atoms with Gasteiger partial charge in [0.15, 0.2) is 5.69 Å². The lowest BCUT2D eigenvalue weighted by atomic mass is 10.2. The normalized spacial score (nSPS) is 23.2. The van der Waals surface area contributed by atoms with E-state index >= 15 is 0 Å². The third kappa shape index (κ3) is 2.86. The van der Waals surface area contributed by atoms with Crippen molar-refractivity contribution in [3.63, 3.8) is 0 Å². The van der Waals surface area contributed by atoms with Crippen LogP contribution in [-0.2, 0) is 0 Å². The molecule has 2 rings (SSSR count). The molecule has 2 N–H and O–H groups in total. The average Bonchev–Trinajstić information content (AvgIpc) is 2.69. The third-order valence-corrected chi connectivity index (χ3v) is 3.30. The van der Waals surface area contributed by atoms with Crippen molar-refractivity contribution in [2.45, 2.75) is 32.0 Å². The Labute approximate surface area is 116 Å². The molecule has 1 fully saturated rings. The number of carbonyl (C=O) groups is 1. The quantitative estimate of drug-likeness (QED) is 0.823. The Morgan fingerprint density at radius 3 is 2.53 bits per heavy atom. The van der Waals surface area contributed by atoms with Gasteiger partial charge in [-0.3, -0.25) is 4.79 Å². The molecule has 2 unspecified atom stereocenters. The molecule has 0 saturated carbocycles. The van der Waals surface area contributed by atoms with Crippen LogP contribution in [0.3, 0.4) is 0 Å². The molecule has 0 radical (unpaired) electrons. The summed E-state index contributed by atoms with van der Waals surface area (Å²) in [4.78, 5) is 21.8. The van der Waals surface area contributed by atoms with E-state index in [-0.39, 0.29) is 29.7 Å². The Morgan fingerprint density at radius 1 is 1.42 bits per heavy atom. The van der Waals surface area contributed by atoms with Gasteiger partial charge in [-0.25, -0.2) is 9.97 Å². The molecule has 1 aromatic heterocycles. The van der Waals surface area contributed by atoms with Gasteiger partial charge in [0.05, 0.1) is 23.4 Å². The maximum Gasteiger partial charge on any atom is 0.274 e. The lowest BCUT2D eigenvalue weighted by molar-refractivity contribution is 0.0572. The van der Waals surface area contributed by atoms with Gasteiger partial charge in [0, 0.05) is 19.0 Å². The minimum Gasteiger partial charge on any atom is -0.388 e. The Balaban J connectivity index is 2.26. The van der Waals surface area contributed by atoms with E-state index < -0.39 is 18.1 Å². The SMILES string of the molecule is CC(C)c1ncc(Cl)c(C(=O)N2CC(O)C(O)C2)n1. The van der Waals surface area contributed by atoms with Gasteiger partial charge in [-0.1, -0.05) is 25.4 Å². The molecule has 2 heterocycles. The lowest BCUT2D eigenvalue weighted by Crippen LogP contribution is -2.31. The van der Waals surface area contributed by atoms with Crippen LogP contribution < -0.4 is 0 Å². The Kier molecular flexibility index (Phi) is 4.03. The summed E-state index contributed by atoms with van der Waals surface area (Å²) in [5, 5.41) is 19.1. The van der Waals surface area contributed by atoms with Crippen molar-refractivity contribution in [3.05, 3.63) is 22.7 Å². The molecule has 0 bridgehead atoms. The van der Waals surface area contributed by atoms with Crippen molar-refractivity contribution in [2.24, 2.45) is 0 Å². The number of amides is 1. The maximum absolute atomic E-state index is 12.3. The van der Waals surface area contributed by atoms with E-state index in [9.17, 15) is 15.0 Å². The van der Waals surface area contributed by atoms with Gasteiger partial charge in [0.25, 0.3) is 5.91 Å². The van der Waals surface area contributed by atoms with Crippen molar-refractivity contribution in [2.75, 3.05) is 13.1 Å². The number of aliphatic hydroxyl groups excluding tert-OH is 2. The van der Waals surface area contributed by atoms with Gasteiger partial charge in [0.1, 0.15) is 5.82 Å². The highest BCUT2D eigenvalue weighted by molar-refractivity contribution is 6.33. The van der Waals surface area contributed by atoms with Crippen LogP contribution in [0.15, 0.2) is 6.20 Å². The molecule has 1 amide bonds. The van der Waals surface area contributed by atoms with Crippen molar-refractivity contribution in [1.29, 1.82) is 0 Å². The second kappa shape index (κ2) is 5.40. The second-order valence-electron chi connectivity index (χ2n) is 4.92. The molecule has 0 aromatic carbocycles. The van der Waals surface area contributed by atoms with E-state index in [1.54, 1.807) is 0 Å². The fourth-order valence-electron chi connectivity index (χ4n) is 1.89. The smallest absolute Gasteiger partial charge is 0.274 e. The molecule has 1 aromatic rings. The van der Waals surface area contributed by atoms with E-state index in [1.165, 1.54) is 11.1 Å². The molecule has 104 valence electrons. The van der Waals surface area contributed by atoms with Crippen LogP contribution in [0.2, 0.25) is 5.02 Å². The van der Waals surface area contributed by atoms with Crippen LogP contribution in [-0.4, -0.2) is 56.3 Å². The van der Waals surface area contributed by atoms with Crippen LogP contribution >= 0.6 is 11.6 Å². The summed E-state index contributed by atoms with van der Waals surface area (Å²) < 4.78 is 0. The molecular formula is C12H16ClN3O3. The highest BCUT2D eigenvalue weighted by Crippen LogP contribution is 2.20. The predicted octanol–water partition coefficient (Wildman–Crippen LogP) is 0.431. The zero-order valence-corrected chi connectivity index (χ0v) is 11.5. The molecule has 2 atom stereocenters. The highest BCUT2D eigenvalue weighted by atomic mass is 35.5. The molecule has 0 spiro atoms. The lowest BCUT2D eigenvalue weighted by Gasteiger charge is -2.16. The van der Waals surface area contributed by atoms with Crippen molar-refractivity contribution >= 4 is 17.5 Å². The van der Waals surface area contributed by atoms with Gasteiger partial charge in [0.2, 0.25) is 0 Å². The fourth-order valence-corrected chi connectivity index (χ4v) is 2.07. The molecule has 7 heteroatoms. The highest BCUT2D eigenvalue weighted by Gasteiger charge is 2.34. The zero-order valence-electron chi connectivity index (χ0n) is 10.7. The van der Waals surface area contributed by atoms with Crippen molar-refractivity contribution in [3.8, 4) is 0 Å². The molecule has 19 heavy (non-hydrogen) atoms. The Bertz CT molecular complexity index is 485. The molecule has 1 aliphatic rings. The number of carbonyl (C=O) groups excluding carboxylic acids is 1. The Hall–Kier alpha value is -1.24. The first-order chi connectivity index (χ1) is 8.90. The number of hydrogen-bond donors (Lipinski definition) is 2. The number of rotatable bonds is 2.